The number of aromatic nitrogens is 4. The van der Waals surface area contributed by atoms with Crippen molar-refractivity contribution < 1.29 is 8.42 Å². The van der Waals surface area contributed by atoms with Crippen LogP contribution in [0.1, 0.15) is 18.3 Å². The van der Waals surface area contributed by atoms with Crippen LogP contribution < -0.4 is 10.5 Å². The highest BCUT2D eigenvalue weighted by Crippen LogP contribution is 2.24. The number of hydrogen-bond acceptors (Lipinski definition) is 5. The maximum Gasteiger partial charge on any atom is 0.267 e. The zero-order chi connectivity index (χ0) is 15.1. The van der Waals surface area contributed by atoms with Crippen LogP contribution in [-0.4, -0.2) is 28.0 Å². The van der Waals surface area contributed by atoms with E-state index >= 15 is 0 Å². The molecule has 2 aromatic rings. The standard InChI is InChI=1S/C11H18N6O2S/c1-5-17-6-9(11(12)14-17)20(18,19)15-10-7(2)13-16(4)8(10)3/h6,15H,5H2,1-4H3,(H2,12,14). The summed E-state index contributed by atoms with van der Waals surface area (Å²) in [5, 5.41) is 8.11. The van der Waals surface area contributed by atoms with Gasteiger partial charge in [-0.25, -0.2) is 8.42 Å². The fraction of sp³-hybridized carbons (Fsp3) is 0.455. The van der Waals surface area contributed by atoms with Crippen LogP contribution >= 0.6 is 0 Å². The first-order chi connectivity index (χ1) is 9.26. The van der Waals surface area contributed by atoms with Crippen molar-refractivity contribution in [1.29, 1.82) is 0 Å². The Kier molecular flexibility index (Phi) is 3.46. The highest BCUT2D eigenvalue weighted by atomic mass is 32.2. The first-order valence-electron chi connectivity index (χ1n) is 6.12. The van der Waals surface area contributed by atoms with E-state index in [1.165, 1.54) is 10.9 Å². The minimum Gasteiger partial charge on any atom is -0.381 e. The van der Waals surface area contributed by atoms with E-state index in [2.05, 4.69) is 14.9 Å². The Labute approximate surface area is 117 Å². The Bertz CT molecular complexity index is 743. The van der Waals surface area contributed by atoms with Gasteiger partial charge in [0, 0.05) is 19.8 Å². The van der Waals surface area contributed by atoms with Gasteiger partial charge >= 0.3 is 0 Å². The van der Waals surface area contributed by atoms with Gasteiger partial charge in [-0.15, -0.1) is 0 Å². The molecule has 20 heavy (non-hydrogen) atoms. The van der Waals surface area contributed by atoms with Crippen molar-refractivity contribution in [3.8, 4) is 0 Å². The van der Waals surface area contributed by atoms with Crippen LogP contribution in [0, 0.1) is 13.8 Å². The number of nitrogen functional groups attached to an aromatic ring is 1. The number of rotatable bonds is 4. The highest BCUT2D eigenvalue weighted by molar-refractivity contribution is 7.92. The summed E-state index contributed by atoms with van der Waals surface area (Å²) in [5.41, 5.74) is 7.47. The average Bonchev–Trinajstić information content (AvgIpc) is 2.86. The van der Waals surface area contributed by atoms with Crippen LogP contribution in [0.2, 0.25) is 0 Å². The number of hydrogen-bond donors (Lipinski definition) is 2. The third kappa shape index (κ3) is 2.36. The largest absolute Gasteiger partial charge is 0.381 e. The van der Waals surface area contributed by atoms with Crippen LogP contribution in [-0.2, 0) is 23.6 Å². The topological polar surface area (TPSA) is 108 Å². The fourth-order valence-electron chi connectivity index (χ4n) is 1.90. The smallest absolute Gasteiger partial charge is 0.267 e. The molecule has 0 spiro atoms. The molecule has 0 saturated carbocycles. The summed E-state index contributed by atoms with van der Waals surface area (Å²) >= 11 is 0. The molecule has 0 aliphatic carbocycles. The second-order valence-electron chi connectivity index (χ2n) is 4.51. The van der Waals surface area contributed by atoms with Crippen molar-refractivity contribution in [1.82, 2.24) is 19.6 Å². The summed E-state index contributed by atoms with van der Waals surface area (Å²) < 4.78 is 30.4. The van der Waals surface area contributed by atoms with E-state index in [9.17, 15) is 8.42 Å². The first-order valence-corrected chi connectivity index (χ1v) is 7.60. The number of nitrogens with one attached hydrogen (secondary N) is 1. The fourth-order valence-corrected chi connectivity index (χ4v) is 3.15. The second-order valence-corrected chi connectivity index (χ2v) is 6.16. The summed E-state index contributed by atoms with van der Waals surface area (Å²) in [4.78, 5) is -0.0259. The molecule has 9 heteroatoms. The van der Waals surface area contributed by atoms with Crippen LogP contribution in [0.15, 0.2) is 11.1 Å². The average molecular weight is 298 g/mol. The van der Waals surface area contributed by atoms with E-state index in [-0.39, 0.29) is 10.7 Å². The lowest BCUT2D eigenvalue weighted by Gasteiger charge is -2.07. The zero-order valence-corrected chi connectivity index (χ0v) is 12.7. The molecule has 0 fully saturated rings. The van der Waals surface area contributed by atoms with Crippen LogP contribution in [0.3, 0.4) is 0 Å². The van der Waals surface area contributed by atoms with E-state index in [4.69, 9.17) is 5.73 Å². The molecule has 0 amide bonds. The Balaban J connectivity index is 2.43. The van der Waals surface area contributed by atoms with Crippen LogP contribution in [0.25, 0.3) is 0 Å². The third-order valence-corrected chi connectivity index (χ3v) is 4.48. The molecule has 0 saturated heterocycles. The summed E-state index contributed by atoms with van der Waals surface area (Å²) in [6.07, 6.45) is 1.42. The Morgan fingerprint density at radius 3 is 2.45 bits per heavy atom. The van der Waals surface area contributed by atoms with E-state index in [0.29, 0.717) is 17.9 Å². The number of nitrogens with zero attached hydrogens (tertiary/aromatic N) is 4. The quantitative estimate of drug-likeness (QED) is 0.861. The number of sulfonamides is 1. The Morgan fingerprint density at radius 2 is 2.00 bits per heavy atom. The molecule has 0 radical (unpaired) electrons. The van der Waals surface area contributed by atoms with Crippen molar-refractivity contribution in [2.45, 2.75) is 32.2 Å². The van der Waals surface area contributed by atoms with Crippen molar-refractivity contribution in [3.63, 3.8) is 0 Å². The van der Waals surface area contributed by atoms with Gasteiger partial charge in [0.2, 0.25) is 0 Å². The summed E-state index contributed by atoms with van der Waals surface area (Å²) in [6, 6.07) is 0. The minimum atomic E-state index is -3.78. The third-order valence-electron chi connectivity index (χ3n) is 3.11. The lowest BCUT2D eigenvalue weighted by molar-refractivity contribution is 0.600. The van der Waals surface area contributed by atoms with Crippen LogP contribution in [0.5, 0.6) is 0 Å². The van der Waals surface area contributed by atoms with Gasteiger partial charge in [0.15, 0.2) is 5.82 Å². The van der Waals surface area contributed by atoms with Crippen molar-refractivity contribution >= 4 is 21.5 Å². The van der Waals surface area contributed by atoms with Gasteiger partial charge in [0.05, 0.1) is 17.1 Å². The van der Waals surface area contributed by atoms with Gasteiger partial charge in [0.25, 0.3) is 10.0 Å². The Morgan fingerprint density at radius 1 is 1.35 bits per heavy atom. The number of nitrogens with two attached hydrogens (primary N) is 1. The van der Waals surface area contributed by atoms with Crippen LogP contribution in [0.4, 0.5) is 11.5 Å². The van der Waals surface area contributed by atoms with Gasteiger partial charge in [-0.3, -0.25) is 14.1 Å². The summed E-state index contributed by atoms with van der Waals surface area (Å²) in [6.45, 7) is 5.93. The first kappa shape index (κ1) is 14.4. The van der Waals surface area contributed by atoms with E-state index in [0.717, 1.165) is 5.69 Å². The molecule has 0 bridgehead atoms. The molecule has 0 aliphatic heterocycles. The zero-order valence-electron chi connectivity index (χ0n) is 11.9. The monoisotopic (exact) mass is 298 g/mol. The molecule has 0 unspecified atom stereocenters. The van der Waals surface area contributed by atoms with Gasteiger partial charge in [-0.05, 0) is 20.8 Å². The number of aryl methyl sites for hydroxylation is 3. The molecule has 3 N–H and O–H groups in total. The predicted octanol–water partition coefficient (Wildman–Crippen LogP) is 0.636. The minimum absolute atomic E-state index is 0.0152. The maximum absolute atomic E-state index is 12.4. The molecular weight excluding hydrogens is 280 g/mol. The van der Waals surface area contributed by atoms with Gasteiger partial charge in [-0.1, -0.05) is 0 Å². The second kappa shape index (κ2) is 4.82. The van der Waals surface area contributed by atoms with Crippen molar-refractivity contribution in [2.24, 2.45) is 7.05 Å². The molecule has 0 aromatic carbocycles. The van der Waals surface area contributed by atoms with Crippen molar-refractivity contribution in [3.05, 3.63) is 17.6 Å². The maximum atomic E-state index is 12.4. The van der Waals surface area contributed by atoms with E-state index < -0.39 is 10.0 Å². The highest BCUT2D eigenvalue weighted by Gasteiger charge is 2.23. The van der Waals surface area contributed by atoms with Gasteiger partial charge < -0.3 is 5.73 Å². The lowest BCUT2D eigenvalue weighted by Crippen LogP contribution is -2.15. The summed E-state index contributed by atoms with van der Waals surface area (Å²) in [7, 11) is -2.02. The molecule has 2 aromatic heterocycles. The molecule has 2 rings (SSSR count). The normalized spacial score (nSPS) is 11.8. The van der Waals surface area contributed by atoms with Crippen molar-refractivity contribution in [2.75, 3.05) is 10.5 Å². The molecule has 0 aliphatic rings. The predicted molar refractivity (Wildman–Crippen MR) is 75.8 cm³/mol. The molecule has 8 nitrogen and oxygen atoms in total. The molecule has 0 atom stereocenters. The van der Waals surface area contributed by atoms with Gasteiger partial charge in [-0.2, -0.15) is 10.2 Å². The summed E-state index contributed by atoms with van der Waals surface area (Å²) in [5.74, 6) is -0.0152. The lowest BCUT2D eigenvalue weighted by atomic mass is 10.3. The van der Waals surface area contributed by atoms with E-state index in [1.807, 2.05) is 6.92 Å². The van der Waals surface area contributed by atoms with Gasteiger partial charge in [0.1, 0.15) is 4.90 Å². The molecule has 2 heterocycles. The van der Waals surface area contributed by atoms with E-state index in [1.54, 1.807) is 25.6 Å². The molecular formula is C11H18N6O2S. The molecule has 110 valence electrons. The Hall–Kier alpha value is -2.03. The SMILES string of the molecule is CCn1cc(S(=O)(=O)Nc2c(C)nn(C)c2C)c(N)n1. The number of anilines is 2.